The van der Waals surface area contributed by atoms with Gasteiger partial charge in [0.2, 0.25) is 0 Å². The van der Waals surface area contributed by atoms with Crippen LogP contribution in [-0.4, -0.2) is 9.97 Å². The molecule has 60 heavy (non-hydrogen) atoms. The largest absolute Gasteiger partial charge is 0.462 e. The quantitative estimate of drug-likeness (QED) is 0.162. The first-order chi connectivity index (χ1) is 29.8. The minimum Gasteiger partial charge on any atom is -0.462 e. The maximum atomic E-state index is 6.45. The van der Waals surface area contributed by atoms with Gasteiger partial charge in [0.05, 0.1) is 34.2 Å². The van der Waals surface area contributed by atoms with Gasteiger partial charge in [-0.1, -0.05) is 146 Å². The van der Waals surface area contributed by atoms with Crippen LogP contribution in [0.2, 0.25) is 0 Å². The molecule has 12 rings (SSSR count). The predicted octanol–water partition coefficient (Wildman–Crippen LogP) is 13.4. The van der Waals surface area contributed by atoms with Gasteiger partial charge in [0, 0.05) is 41.3 Å². The number of furan rings is 1. The fourth-order valence-corrected chi connectivity index (χ4v) is 10.7. The molecule has 3 heterocycles. The number of nitrogens with zero attached hydrogens (tertiary/aromatic N) is 3. The van der Waals surface area contributed by atoms with E-state index in [1.165, 1.54) is 55.6 Å². The molecule has 7 aromatic carbocycles. The molecule has 0 bridgehead atoms. The number of benzene rings is 7. The second-order valence-corrected chi connectivity index (χ2v) is 15.6. The van der Waals surface area contributed by atoms with E-state index < -0.39 is 10.8 Å². The van der Waals surface area contributed by atoms with Crippen LogP contribution in [-0.2, 0) is 10.8 Å². The molecule has 0 saturated carbocycles. The molecule has 2 aliphatic carbocycles. The first-order valence-electron chi connectivity index (χ1n) is 20.5. The average molecular weight is 768 g/mol. The minimum absolute atomic E-state index is 0.560. The summed E-state index contributed by atoms with van der Waals surface area (Å²) in [6.45, 7) is 0. The highest BCUT2D eigenvalue weighted by atomic mass is 16.3. The van der Waals surface area contributed by atoms with Crippen molar-refractivity contribution >= 4 is 28.0 Å². The van der Waals surface area contributed by atoms with E-state index in [0.29, 0.717) is 0 Å². The van der Waals surface area contributed by atoms with E-state index in [0.717, 1.165) is 39.2 Å². The molecule has 0 fully saturated rings. The van der Waals surface area contributed by atoms with E-state index in [1.807, 2.05) is 24.8 Å². The van der Waals surface area contributed by atoms with Crippen LogP contribution in [0.5, 0.6) is 0 Å². The highest BCUT2D eigenvalue weighted by molar-refractivity contribution is 6.05. The second kappa shape index (κ2) is 13.4. The molecule has 10 aromatic rings. The third-order valence-corrected chi connectivity index (χ3v) is 12.9. The number of anilines is 3. The van der Waals surface area contributed by atoms with Gasteiger partial charge in [-0.2, -0.15) is 0 Å². The highest BCUT2D eigenvalue weighted by Crippen LogP contribution is 2.63. The summed E-state index contributed by atoms with van der Waals surface area (Å²) in [5, 5.41) is 1.05. The van der Waals surface area contributed by atoms with Crippen LogP contribution in [0.1, 0.15) is 44.5 Å². The molecule has 0 saturated heterocycles. The number of hydrogen-bond donors (Lipinski definition) is 0. The predicted molar refractivity (Wildman–Crippen MR) is 241 cm³/mol. The summed E-state index contributed by atoms with van der Waals surface area (Å²) < 4.78 is 6.45. The first-order valence-corrected chi connectivity index (χ1v) is 20.5. The van der Waals surface area contributed by atoms with Crippen molar-refractivity contribution in [2.24, 2.45) is 0 Å². The van der Waals surface area contributed by atoms with Crippen LogP contribution in [0.25, 0.3) is 33.2 Å². The summed E-state index contributed by atoms with van der Waals surface area (Å²) in [6, 6.07) is 70.8. The molecule has 0 amide bonds. The number of rotatable bonds is 7. The summed E-state index contributed by atoms with van der Waals surface area (Å²) in [7, 11) is 0. The van der Waals surface area contributed by atoms with E-state index in [-0.39, 0.29) is 0 Å². The van der Waals surface area contributed by atoms with Crippen LogP contribution >= 0.6 is 0 Å². The fraction of sp³-hybridized carbons (Fsp3) is 0.0357. The molecule has 4 nitrogen and oxygen atoms in total. The van der Waals surface area contributed by atoms with Crippen LogP contribution in [0, 0.1) is 0 Å². The Labute approximate surface area is 348 Å². The second-order valence-electron chi connectivity index (χ2n) is 15.6. The van der Waals surface area contributed by atoms with Crippen molar-refractivity contribution in [3.05, 3.63) is 270 Å². The first kappa shape index (κ1) is 34.2. The third kappa shape index (κ3) is 4.61. The van der Waals surface area contributed by atoms with Crippen molar-refractivity contribution in [1.82, 2.24) is 9.97 Å². The van der Waals surface area contributed by atoms with Gasteiger partial charge in [-0.05, 0) is 104 Å². The van der Waals surface area contributed by atoms with Gasteiger partial charge in [0.1, 0.15) is 0 Å². The van der Waals surface area contributed by atoms with Crippen LogP contribution in [0.3, 0.4) is 0 Å². The Bertz CT molecular complexity index is 2950. The molecular formula is C56H37N3O. The molecule has 0 spiro atoms. The maximum Gasteiger partial charge on any atom is 0.157 e. The molecule has 0 atom stereocenters. The van der Waals surface area contributed by atoms with Crippen molar-refractivity contribution < 1.29 is 4.42 Å². The Hall–Kier alpha value is -7.82. The lowest BCUT2D eigenvalue weighted by Crippen LogP contribution is -2.29. The van der Waals surface area contributed by atoms with Gasteiger partial charge in [-0.15, -0.1) is 0 Å². The number of aromatic nitrogens is 2. The Kier molecular flexibility index (Phi) is 7.63. The molecule has 2 aliphatic rings. The van der Waals surface area contributed by atoms with Crippen molar-refractivity contribution in [3.8, 4) is 22.3 Å². The highest BCUT2D eigenvalue weighted by Gasteiger charge is 2.50. The van der Waals surface area contributed by atoms with E-state index in [9.17, 15) is 0 Å². The van der Waals surface area contributed by atoms with Crippen molar-refractivity contribution in [3.63, 3.8) is 0 Å². The van der Waals surface area contributed by atoms with Gasteiger partial charge >= 0.3 is 0 Å². The molecule has 0 aliphatic heterocycles. The lowest BCUT2D eigenvalue weighted by atomic mass is 9.67. The molecule has 282 valence electrons. The SMILES string of the molecule is c1ccc(C2(c3ccccc3)c3ccccc3-c3c(N(c4cccc5c4-c4ccccc4C5(c4ccncc4)c4ccncc4)c4cccc5ccoc45)cccc32)cc1. The molecular weight excluding hydrogens is 731 g/mol. The van der Waals surface area contributed by atoms with E-state index >= 15 is 0 Å². The molecule has 0 radical (unpaired) electrons. The summed E-state index contributed by atoms with van der Waals surface area (Å²) in [4.78, 5) is 11.4. The normalized spacial score (nSPS) is 13.9. The standard InChI is InChI=1S/C56H37N3O/c1-3-15-39(16-4-1)55(40-17-5-2-6-18-40)45-21-9-7-19-43(45)52-47(55)23-12-25-49(52)59(51-27-11-14-38-32-37-60-54(38)51)50-26-13-24-48-53(50)44-20-8-10-22-46(44)56(48,41-28-33-57-34-29-41)42-30-35-58-36-31-42/h1-37H. The van der Waals surface area contributed by atoms with Gasteiger partial charge < -0.3 is 9.32 Å². The van der Waals surface area contributed by atoms with Crippen LogP contribution in [0.4, 0.5) is 17.1 Å². The summed E-state index contributed by atoms with van der Waals surface area (Å²) in [5.41, 5.74) is 17.2. The van der Waals surface area contributed by atoms with E-state index in [4.69, 9.17) is 4.42 Å². The van der Waals surface area contributed by atoms with Gasteiger partial charge in [0.25, 0.3) is 0 Å². The van der Waals surface area contributed by atoms with Gasteiger partial charge in [0.15, 0.2) is 5.58 Å². The molecule has 3 aromatic heterocycles. The van der Waals surface area contributed by atoms with Crippen molar-refractivity contribution in [1.29, 1.82) is 0 Å². The minimum atomic E-state index is -0.628. The fourth-order valence-electron chi connectivity index (χ4n) is 10.7. The monoisotopic (exact) mass is 767 g/mol. The molecule has 4 heteroatoms. The number of pyridine rings is 2. The Morgan fingerprint density at radius 1 is 0.350 bits per heavy atom. The zero-order valence-electron chi connectivity index (χ0n) is 32.6. The molecule has 0 N–H and O–H groups in total. The smallest absolute Gasteiger partial charge is 0.157 e. The lowest BCUT2D eigenvalue weighted by Gasteiger charge is -2.35. The van der Waals surface area contributed by atoms with Crippen LogP contribution in [0.15, 0.2) is 230 Å². The third-order valence-electron chi connectivity index (χ3n) is 12.9. The van der Waals surface area contributed by atoms with Crippen molar-refractivity contribution in [2.75, 3.05) is 4.90 Å². The summed E-state index contributed by atoms with van der Waals surface area (Å²) in [5.74, 6) is 0. The van der Waals surface area contributed by atoms with E-state index in [2.05, 4.69) is 209 Å². The van der Waals surface area contributed by atoms with E-state index in [1.54, 1.807) is 6.26 Å². The summed E-state index contributed by atoms with van der Waals surface area (Å²) >= 11 is 0. The number of para-hydroxylation sites is 1. The van der Waals surface area contributed by atoms with Crippen LogP contribution < -0.4 is 4.90 Å². The Balaban J connectivity index is 1.22. The molecule has 0 unspecified atom stereocenters. The average Bonchev–Trinajstić information content (AvgIpc) is 4.02. The lowest BCUT2D eigenvalue weighted by molar-refractivity contribution is 0.616. The number of fused-ring (bicyclic) bond motifs is 7. The van der Waals surface area contributed by atoms with Gasteiger partial charge in [-0.25, -0.2) is 0 Å². The maximum absolute atomic E-state index is 6.45. The Morgan fingerprint density at radius 2 is 0.767 bits per heavy atom. The van der Waals surface area contributed by atoms with Crippen molar-refractivity contribution in [2.45, 2.75) is 10.8 Å². The van der Waals surface area contributed by atoms with Gasteiger partial charge in [-0.3, -0.25) is 9.97 Å². The zero-order valence-corrected chi connectivity index (χ0v) is 32.6. The zero-order chi connectivity index (χ0) is 39.7. The topological polar surface area (TPSA) is 42.2 Å². The number of hydrogen-bond acceptors (Lipinski definition) is 4. The Morgan fingerprint density at radius 3 is 1.28 bits per heavy atom. The summed E-state index contributed by atoms with van der Waals surface area (Å²) in [6.07, 6.45) is 9.42.